The van der Waals surface area contributed by atoms with Gasteiger partial charge < -0.3 is 10.5 Å². The molecule has 17 heavy (non-hydrogen) atoms. The molecule has 0 saturated heterocycles. The molecule has 0 aliphatic carbocycles. The molecule has 0 unspecified atom stereocenters. The van der Waals surface area contributed by atoms with Gasteiger partial charge in [-0.15, -0.1) is 0 Å². The summed E-state index contributed by atoms with van der Waals surface area (Å²) >= 11 is 0. The van der Waals surface area contributed by atoms with Gasteiger partial charge in [-0.2, -0.15) is 0 Å². The number of primary amides is 1. The zero-order valence-corrected chi connectivity index (χ0v) is 9.63. The number of pyridine rings is 1. The van der Waals surface area contributed by atoms with Crippen LogP contribution < -0.4 is 10.6 Å². The Bertz CT molecular complexity index is 381. The van der Waals surface area contributed by atoms with Gasteiger partial charge in [-0.1, -0.05) is 0 Å². The van der Waals surface area contributed by atoms with Gasteiger partial charge in [0.05, 0.1) is 13.0 Å². The fraction of sp³-hybridized carbons (Fsp3) is 0.364. The molecule has 0 aliphatic heterocycles. The van der Waals surface area contributed by atoms with E-state index < -0.39 is 6.03 Å². The number of hydrogen-bond donors (Lipinski definition) is 1. The van der Waals surface area contributed by atoms with Gasteiger partial charge in [-0.05, 0) is 19.1 Å². The summed E-state index contributed by atoms with van der Waals surface area (Å²) in [6.07, 6.45) is 3.21. The van der Waals surface area contributed by atoms with Crippen LogP contribution in [-0.2, 0) is 9.53 Å². The standard InChI is InChI=1S/C11H15N3O3/c1-2-17-10(15)5-8-14(11(12)16)9-3-6-13-7-4-9/h3-4,6-7H,2,5,8H2,1H3,(H2,12,16). The van der Waals surface area contributed by atoms with Crippen LogP contribution in [0, 0.1) is 0 Å². The number of rotatable bonds is 5. The minimum atomic E-state index is -0.611. The monoisotopic (exact) mass is 237 g/mol. The van der Waals surface area contributed by atoms with Crippen LogP contribution in [0.5, 0.6) is 0 Å². The Morgan fingerprint density at radius 1 is 1.41 bits per heavy atom. The third-order valence-corrected chi connectivity index (χ3v) is 2.09. The number of ether oxygens (including phenoxy) is 1. The zero-order valence-electron chi connectivity index (χ0n) is 9.63. The van der Waals surface area contributed by atoms with Gasteiger partial charge >= 0.3 is 12.0 Å². The van der Waals surface area contributed by atoms with Crippen molar-refractivity contribution in [2.45, 2.75) is 13.3 Å². The van der Waals surface area contributed by atoms with Crippen LogP contribution in [0.1, 0.15) is 13.3 Å². The Morgan fingerprint density at radius 2 is 2.06 bits per heavy atom. The van der Waals surface area contributed by atoms with Crippen molar-refractivity contribution in [3.8, 4) is 0 Å². The lowest BCUT2D eigenvalue weighted by atomic mass is 10.3. The summed E-state index contributed by atoms with van der Waals surface area (Å²) in [4.78, 5) is 27.6. The van der Waals surface area contributed by atoms with E-state index in [0.29, 0.717) is 12.3 Å². The van der Waals surface area contributed by atoms with E-state index >= 15 is 0 Å². The van der Waals surface area contributed by atoms with Gasteiger partial charge in [-0.25, -0.2) is 4.79 Å². The van der Waals surface area contributed by atoms with Crippen LogP contribution >= 0.6 is 0 Å². The van der Waals surface area contributed by atoms with E-state index in [1.165, 1.54) is 4.90 Å². The van der Waals surface area contributed by atoms with Crippen LogP contribution in [0.25, 0.3) is 0 Å². The summed E-state index contributed by atoms with van der Waals surface area (Å²) in [5.41, 5.74) is 5.85. The number of hydrogen-bond acceptors (Lipinski definition) is 4. The number of aromatic nitrogens is 1. The largest absolute Gasteiger partial charge is 0.466 e. The first kappa shape index (κ1) is 13.0. The maximum atomic E-state index is 11.2. The summed E-state index contributed by atoms with van der Waals surface area (Å²) in [7, 11) is 0. The molecule has 1 rings (SSSR count). The van der Waals surface area contributed by atoms with Crippen molar-refractivity contribution < 1.29 is 14.3 Å². The van der Waals surface area contributed by atoms with Crippen molar-refractivity contribution in [2.24, 2.45) is 5.73 Å². The van der Waals surface area contributed by atoms with Crippen LogP contribution in [0.2, 0.25) is 0 Å². The molecule has 0 bridgehead atoms. The molecule has 0 spiro atoms. The quantitative estimate of drug-likeness (QED) is 0.771. The average Bonchev–Trinajstić information content (AvgIpc) is 2.30. The number of nitrogens with zero attached hydrogens (tertiary/aromatic N) is 2. The predicted octanol–water partition coefficient (Wildman–Crippen LogP) is 0.920. The van der Waals surface area contributed by atoms with E-state index in [1.54, 1.807) is 31.5 Å². The number of carbonyl (C=O) groups is 2. The molecule has 0 atom stereocenters. The molecule has 1 aromatic heterocycles. The van der Waals surface area contributed by atoms with E-state index in [2.05, 4.69) is 4.98 Å². The first-order valence-electron chi connectivity index (χ1n) is 5.27. The second-order valence-corrected chi connectivity index (χ2v) is 3.25. The average molecular weight is 237 g/mol. The Morgan fingerprint density at radius 3 is 2.59 bits per heavy atom. The number of amides is 2. The third-order valence-electron chi connectivity index (χ3n) is 2.09. The molecular formula is C11H15N3O3. The number of nitrogens with two attached hydrogens (primary N) is 1. The summed E-state index contributed by atoms with van der Waals surface area (Å²) < 4.78 is 4.78. The van der Waals surface area contributed by atoms with Crippen LogP contribution in [0.4, 0.5) is 10.5 Å². The number of carbonyl (C=O) groups excluding carboxylic acids is 2. The Hall–Kier alpha value is -2.11. The van der Waals surface area contributed by atoms with E-state index in [0.717, 1.165) is 0 Å². The number of esters is 1. The fourth-order valence-electron chi connectivity index (χ4n) is 1.33. The van der Waals surface area contributed by atoms with Gasteiger partial charge in [0.1, 0.15) is 0 Å². The van der Waals surface area contributed by atoms with Crippen molar-refractivity contribution in [1.29, 1.82) is 0 Å². The SMILES string of the molecule is CCOC(=O)CCN(C(N)=O)c1ccncc1. The van der Waals surface area contributed by atoms with Crippen molar-refractivity contribution >= 4 is 17.7 Å². The lowest BCUT2D eigenvalue weighted by Gasteiger charge is -2.19. The minimum Gasteiger partial charge on any atom is -0.466 e. The van der Waals surface area contributed by atoms with Gasteiger partial charge in [-0.3, -0.25) is 14.7 Å². The maximum Gasteiger partial charge on any atom is 0.319 e. The Labute approximate surface area is 99.4 Å². The minimum absolute atomic E-state index is 0.110. The second kappa shape index (κ2) is 6.47. The summed E-state index contributed by atoms with van der Waals surface area (Å²) in [6, 6.07) is 2.69. The van der Waals surface area contributed by atoms with Gasteiger partial charge in [0.25, 0.3) is 0 Å². The highest BCUT2D eigenvalue weighted by Gasteiger charge is 2.14. The van der Waals surface area contributed by atoms with Gasteiger partial charge in [0.2, 0.25) is 0 Å². The molecule has 0 radical (unpaired) electrons. The molecular weight excluding hydrogens is 222 g/mol. The topological polar surface area (TPSA) is 85.5 Å². The molecule has 2 N–H and O–H groups in total. The highest BCUT2D eigenvalue weighted by atomic mass is 16.5. The summed E-state index contributed by atoms with van der Waals surface area (Å²) in [5.74, 6) is -0.354. The molecule has 1 aromatic rings. The lowest BCUT2D eigenvalue weighted by molar-refractivity contribution is -0.142. The van der Waals surface area contributed by atoms with E-state index in [9.17, 15) is 9.59 Å². The van der Waals surface area contributed by atoms with Crippen molar-refractivity contribution in [3.05, 3.63) is 24.5 Å². The van der Waals surface area contributed by atoms with Crippen molar-refractivity contribution in [1.82, 2.24) is 4.98 Å². The van der Waals surface area contributed by atoms with Crippen LogP contribution in [0.3, 0.4) is 0 Å². The molecule has 0 aromatic carbocycles. The zero-order chi connectivity index (χ0) is 12.7. The number of anilines is 1. The molecule has 6 heteroatoms. The van der Waals surface area contributed by atoms with Crippen LogP contribution in [0.15, 0.2) is 24.5 Å². The summed E-state index contributed by atoms with van der Waals surface area (Å²) in [6.45, 7) is 2.25. The Kier molecular flexibility index (Phi) is 4.93. The normalized spacial score (nSPS) is 9.71. The highest BCUT2D eigenvalue weighted by Crippen LogP contribution is 2.12. The first-order valence-corrected chi connectivity index (χ1v) is 5.27. The Balaban J connectivity index is 2.62. The van der Waals surface area contributed by atoms with E-state index in [-0.39, 0.29) is 18.9 Å². The highest BCUT2D eigenvalue weighted by molar-refractivity contribution is 5.91. The molecule has 92 valence electrons. The molecule has 6 nitrogen and oxygen atoms in total. The predicted molar refractivity (Wildman–Crippen MR) is 62.4 cm³/mol. The lowest BCUT2D eigenvalue weighted by Crippen LogP contribution is -2.37. The van der Waals surface area contributed by atoms with Crippen molar-refractivity contribution in [2.75, 3.05) is 18.1 Å². The van der Waals surface area contributed by atoms with E-state index in [4.69, 9.17) is 10.5 Å². The summed E-state index contributed by atoms with van der Waals surface area (Å²) in [5, 5.41) is 0. The second-order valence-electron chi connectivity index (χ2n) is 3.25. The molecule has 1 heterocycles. The molecule has 0 saturated carbocycles. The first-order chi connectivity index (χ1) is 8.15. The smallest absolute Gasteiger partial charge is 0.319 e. The van der Waals surface area contributed by atoms with Gasteiger partial charge in [0, 0.05) is 24.6 Å². The fourth-order valence-corrected chi connectivity index (χ4v) is 1.33. The van der Waals surface area contributed by atoms with Crippen molar-refractivity contribution in [3.63, 3.8) is 0 Å². The molecule has 0 fully saturated rings. The third kappa shape index (κ3) is 4.10. The maximum absolute atomic E-state index is 11.2. The molecule has 2 amide bonds. The van der Waals surface area contributed by atoms with Gasteiger partial charge in [0.15, 0.2) is 0 Å². The van der Waals surface area contributed by atoms with Crippen LogP contribution in [-0.4, -0.2) is 30.1 Å². The molecule has 0 aliphatic rings. The van der Waals surface area contributed by atoms with E-state index in [1.807, 2.05) is 0 Å². The number of urea groups is 1.